The molecule has 26 heavy (non-hydrogen) atoms. The summed E-state index contributed by atoms with van der Waals surface area (Å²) in [6, 6.07) is 4.88. The summed E-state index contributed by atoms with van der Waals surface area (Å²) in [6.07, 6.45) is -2.69. The van der Waals surface area contributed by atoms with Crippen molar-refractivity contribution in [2.45, 2.75) is 38.4 Å². The van der Waals surface area contributed by atoms with E-state index >= 15 is 0 Å². The van der Waals surface area contributed by atoms with E-state index in [0.29, 0.717) is 31.8 Å². The molecule has 1 fully saturated rings. The molecule has 146 valence electrons. The number of hydrogen-bond acceptors (Lipinski definition) is 4. The van der Waals surface area contributed by atoms with Gasteiger partial charge in [0.05, 0.1) is 7.11 Å². The molecule has 1 amide bonds. The van der Waals surface area contributed by atoms with Crippen LogP contribution in [0, 0.1) is 5.92 Å². The second kappa shape index (κ2) is 8.62. The number of alkyl halides is 3. The van der Waals surface area contributed by atoms with Crippen LogP contribution in [-0.4, -0.2) is 49.8 Å². The van der Waals surface area contributed by atoms with Gasteiger partial charge in [0.1, 0.15) is 0 Å². The minimum Gasteiger partial charge on any atom is -0.493 e. The van der Waals surface area contributed by atoms with Crippen LogP contribution in [0.25, 0.3) is 0 Å². The fourth-order valence-electron chi connectivity index (χ4n) is 3.20. The van der Waals surface area contributed by atoms with Crippen LogP contribution < -0.4 is 15.2 Å². The van der Waals surface area contributed by atoms with Gasteiger partial charge >= 0.3 is 6.18 Å². The lowest BCUT2D eigenvalue weighted by Crippen LogP contribution is -2.34. The molecular weight excluding hydrogens is 349 g/mol. The van der Waals surface area contributed by atoms with E-state index in [4.69, 9.17) is 15.2 Å². The van der Waals surface area contributed by atoms with Gasteiger partial charge in [0.2, 0.25) is 5.91 Å². The zero-order valence-corrected chi connectivity index (χ0v) is 15.0. The monoisotopic (exact) mass is 374 g/mol. The molecule has 1 aromatic rings. The van der Waals surface area contributed by atoms with Crippen LogP contribution in [0.4, 0.5) is 13.2 Å². The first-order chi connectivity index (χ1) is 12.2. The first kappa shape index (κ1) is 20.4. The summed E-state index contributed by atoms with van der Waals surface area (Å²) >= 11 is 0. The molecule has 0 spiro atoms. The lowest BCUT2D eigenvalue weighted by Gasteiger charge is -2.21. The third-order valence-corrected chi connectivity index (χ3v) is 4.56. The maximum absolute atomic E-state index is 12.4. The van der Waals surface area contributed by atoms with E-state index in [-0.39, 0.29) is 23.4 Å². The fourth-order valence-corrected chi connectivity index (χ4v) is 3.20. The molecular formula is C18H25F3N2O3. The van der Waals surface area contributed by atoms with Crippen molar-refractivity contribution in [3.63, 3.8) is 0 Å². The molecule has 2 N–H and O–H groups in total. The molecule has 5 nitrogen and oxygen atoms in total. The van der Waals surface area contributed by atoms with E-state index in [9.17, 15) is 18.0 Å². The standard InChI is InChI=1S/C18H25F3N2O3/c1-12-7-14(9-22)10-23(12)17(24)6-4-13-3-5-15(16(8-13)25-2)26-11-18(19,20)21/h3,5,8,12,14H,4,6-7,9-11,22H2,1-2H3. The number of ether oxygens (including phenoxy) is 2. The zero-order valence-electron chi connectivity index (χ0n) is 15.0. The van der Waals surface area contributed by atoms with Gasteiger partial charge in [-0.2, -0.15) is 13.2 Å². The number of carbonyl (C=O) groups excluding carboxylic acids is 1. The Kier molecular flexibility index (Phi) is 6.75. The third-order valence-electron chi connectivity index (χ3n) is 4.56. The Bertz CT molecular complexity index is 622. The number of aryl methyl sites for hydroxylation is 1. The van der Waals surface area contributed by atoms with E-state index < -0.39 is 12.8 Å². The van der Waals surface area contributed by atoms with Gasteiger partial charge in [-0.15, -0.1) is 0 Å². The highest BCUT2D eigenvalue weighted by molar-refractivity contribution is 5.77. The van der Waals surface area contributed by atoms with Gasteiger partial charge in [-0.3, -0.25) is 4.79 Å². The van der Waals surface area contributed by atoms with E-state index in [1.807, 2.05) is 11.8 Å². The van der Waals surface area contributed by atoms with Crippen molar-refractivity contribution in [3.05, 3.63) is 23.8 Å². The predicted molar refractivity (Wildman–Crippen MR) is 91.2 cm³/mol. The summed E-state index contributed by atoms with van der Waals surface area (Å²) in [5.74, 6) is 0.653. The third kappa shape index (κ3) is 5.52. The fraction of sp³-hybridized carbons (Fsp3) is 0.611. The average molecular weight is 374 g/mol. The number of nitrogens with zero attached hydrogens (tertiary/aromatic N) is 1. The van der Waals surface area contributed by atoms with E-state index in [1.165, 1.54) is 13.2 Å². The van der Waals surface area contributed by atoms with Crippen LogP contribution in [0.3, 0.4) is 0 Å². The minimum atomic E-state index is -4.41. The largest absolute Gasteiger partial charge is 0.493 e. The van der Waals surface area contributed by atoms with Crippen molar-refractivity contribution in [1.82, 2.24) is 4.90 Å². The Labute approximate surface area is 151 Å². The highest BCUT2D eigenvalue weighted by Gasteiger charge is 2.31. The van der Waals surface area contributed by atoms with Gasteiger partial charge in [-0.25, -0.2) is 0 Å². The Hall–Kier alpha value is -1.96. The highest BCUT2D eigenvalue weighted by atomic mass is 19.4. The van der Waals surface area contributed by atoms with Crippen LogP contribution in [0.1, 0.15) is 25.3 Å². The first-order valence-electron chi connectivity index (χ1n) is 8.59. The molecule has 1 aliphatic rings. The maximum atomic E-state index is 12.4. The van der Waals surface area contributed by atoms with E-state index in [0.717, 1.165) is 12.0 Å². The van der Waals surface area contributed by atoms with Crippen LogP contribution in [0.15, 0.2) is 18.2 Å². The Balaban J connectivity index is 1.94. The second-order valence-corrected chi connectivity index (χ2v) is 6.62. The molecule has 0 bridgehead atoms. The summed E-state index contributed by atoms with van der Waals surface area (Å²) in [7, 11) is 1.36. The summed E-state index contributed by atoms with van der Waals surface area (Å²) in [5.41, 5.74) is 6.49. The lowest BCUT2D eigenvalue weighted by molar-refractivity contribution is -0.153. The topological polar surface area (TPSA) is 64.8 Å². The first-order valence-corrected chi connectivity index (χ1v) is 8.59. The van der Waals surface area contributed by atoms with Crippen molar-refractivity contribution in [2.24, 2.45) is 11.7 Å². The van der Waals surface area contributed by atoms with Crippen molar-refractivity contribution < 1.29 is 27.4 Å². The molecule has 1 aromatic carbocycles. The number of benzene rings is 1. The number of halogens is 3. The lowest BCUT2D eigenvalue weighted by atomic mass is 10.1. The number of hydrogen-bond donors (Lipinski definition) is 1. The second-order valence-electron chi connectivity index (χ2n) is 6.62. The van der Waals surface area contributed by atoms with Crippen LogP contribution in [-0.2, 0) is 11.2 Å². The molecule has 0 saturated carbocycles. The average Bonchev–Trinajstić information content (AvgIpc) is 2.98. The Morgan fingerprint density at radius 3 is 2.65 bits per heavy atom. The zero-order chi connectivity index (χ0) is 19.3. The smallest absolute Gasteiger partial charge is 0.422 e. The van der Waals surface area contributed by atoms with E-state index in [1.54, 1.807) is 12.1 Å². The van der Waals surface area contributed by atoms with Crippen LogP contribution >= 0.6 is 0 Å². The molecule has 0 radical (unpaired) electrons. The van der Waals surface area contributed by atoms with Gasteiger partial charge in [0.15, 0.2) is 18.1 Å². The Morgan fingerprint density at radius 2 is 2.08 bits per heavy atom. The van der Waals surface area contributed by atoms with Gasteiger partial charge in [0.25, 0.3) is 0 Å². The van der Waals surface area contributed by atoms with Crippen molar-refractivity contribution >= 4 is 5.91 Å². The molecule has 0 aromatic heterocycles. The predicted octanol–water partition coefficient (Wildman–Crippen LogP) is 2.76. The van der Waals surface area contributed by atoms with Crippen LogP contribution in [0.2, 0.25) is 0 Å². The van der Waals surface area contributed by atoms with Gasteiger partial charge in [0, 0.05) is 19.0 Å². The molecule has 8 heteroatoms. The van der Waals surface area contributed by atoms with Crippen molar-refractivity contribution in [3.8, 4) is 11.5 Å². The number of amides is 1. The number of methoxy groups -OCH3 is 1. The molecule has 0 aliphatic carbocycles. The Morgan fingerprint density at radius 1 is 1.35 bits per heavy atom. The maximum Gasteiger partial charge on any atom is 0.422 e. The molecule has 2 rings (SSSR count). The molecule has 1 heterocycles. The molecule has 2 unspecified atom stereocenters. The van der Waals surface area contributed by atoms with Crippen LogP contribution in [0.5, 0.6) is 11.5 Å². The molecule has 2 atom stereocenters. The van der Waals surface area contributed by atoms with Gasteiger partial charge in [-0.05, 0) is 49.9 Å². The molecule has 1 aliphatic heterocycles. The molecule has 1 saturated heterocycles. The number of likely N-dealkylation sites (tertiary alicyclic amines) is 1. The van der Waals surface area contributed by atoms with Gasteiger partial charge in [-0.1, -0.05) is 6.07 Å². The van der Waals surface area contributed by atoms with Crippen molar-refractivity contribution in [2.75, 3.05) is 26.8 Å². The summed E-state index contributed by atoms with van der Waals surface area (Å²) < 4.78 is 46.7. The minimum absolute atomic E-state index is 0.0267. The van der Waals surface area contributed by atoms with Crippen molar-refractivity contribution in [1.29, 1.82) is 0 Å². The van der Waals surface area contributed by atoms with Gasteiger partial charge < -0.3 is 20.1 Å². The number of rotatable bonds is 7. The number of nitrogens with two attached hydrogens (primary N) is 1. The van der Waals surface area contributed by atoms with E-state index in [2.05, 4.69) is 0 Å². The summed E-state index contributed by atoms with van der Waals surface area (Å²) in [6.45, 7) is 1.90. The highest BCUT2D eigenvalue weighted by Crippen LogP contribution is 2.30. The summed E-state index contributed by atoms with van der Waals surface area (Å²) in [4.78, 5) is 14.3. The SMILES string of the molecule is COc1cc(CCC(=O)N2CC(CN)CC2C)ccc1OCC(F)(F)F. The normalized spacial score (nSPS) is 20.3. The quantitative estimate of drug-likeness (QED) is 0.797. The summed E-state index contributed by atoms with van der Waals surface area (Å²) in [5, 5.41) is 0. The number of carbonyl (C=O) groups is 1.